The van der Waals surface area contributed by atoms with Gasteiger partial charge in [-0.1, -0.05) is 127 Å². The van der Waals surface area contributed by atoms with Crippen LogP contribution in [0.5, 0.6) is 0 Å². The second-order valence-corrected chi connectivity index (χ2v) is 15.1. The monoisotopic (exact) mass is 731 g/mol. The molecular weight excluding hydrogens is 695 g/mol. The SMILES string of the molecule is Cc1ccc2c(c1)oc1cc(N(c3ccc(-c4ccc(-c5cccc6ccccc56)cc4)c(-c4ccccc4)c3)c3ccc4c(c3)oc3cc(C)ccc34)ccc12. The molecule has 0 amide bonds. The van der Waals surface area contributed by atoms with Crippen LogP contribution >= 0.6 is 0 Å². The molecule has 0 fully saturated rings. The highest BCUT2D eigenvalue weighted by atomic mass is 16.3. The van der Waals surface area contributed by atoms with Crippen LogP contribution in [-0.2, 0) is 0 Å². The van der Waals surface area contributed by atoms with Crippen LogP contribution in [0, 0.1) is 13.8 Å². The molecule has 0 N–H and O–H groups in total. The highest BCUT2D eigenvalue weighted by Gasteiger charge is 2.20. The lowest BCUT2D eigenvalue weighted by atomic mass is 9.91. The van der Waals surface area contributed by atoms with Crippen LogP contribution in [0.25, 0.3) is 88.0 Å². The fraction of sp³-hybridized carbons (Fsp3) is 0.0370. The number of rotatable bonds is 6. The lowest BCUT2D eigenvalue weighted by molar-refractivity contribution is 0.668. The Morgan fingerprint density at radius 3 is 1.42 bits per heavy atom. The highest BCUT2D eigenvalue weighted by molar-refractivity contribution is 6.08. The first-order chi connectivity index (χ1) is 28.0. The van der Waals surface area contributed by atoms with Crippen LogP contribution in [0.4, 0.5) is 17.1 Å². The van der Waals surface area contributed by atoms with Crippen molar-refractivity contribution in [2.45, 2.75) is 13.8 Å². The van der Waals surface area contributed by atoms with Gasteiger partial charge >= 0.3 is 0 Å². The van der Waals surface area contributed by atoms with E-state index in [0.717, 1.165) is 77.6 Å². The van der Waals surface area contributed by atoms with Gasteiger partial charge in [0.1, 0.15) is 22.3 Å². The molecule has 2 aromatic heterocycles. The average Bonchev–Trinajstić information content (AvgIpc) is 3.80. The van der Waals surface area contributed by atoms with Crippen molar-refractivity contribution < 1.29 is 8.83 Å². The first kappa shape index (κ1) is 33.0. The summed E-state index contributed by atoms with van der Waals surface area (Å²) >= 11 is 0. The molecule has 11 aromatic rings. The predicted octanol–water partition coefficient (Wildman–Crippen LogP) is 15.7. The molecule has 0 bridgehead atoms. The first-order valence-electron chi connectivity index (χ1n) is 19.5. The Morgan fingerprint density at radius 1 is 0.316 bits per heavy atom. The summed E-state index contributed by atoms with van der Waals surface area (Å²) in [5, 5.41) is 6.95. The summed E-state index contributed by atoms with van der Waals surface area (Å²) in [6, 6.07) is 67.6. The average molecular weight is 732 g/mol. The highest BCUT2D eigenvalue weighted by Crippen LogP contribution is 2.44. The van der Waals surface area contributed by atoms with Crippen LogP contribution in [-0.4, -0.2) is 0 Å². The number of fused-ring (bicyclic) bond motifs is 7. The van der Waals surface area contributed by atoms with E-state index in [-0.39, 0.29) is 0 Å². The molecule has 0 saturated heterocycles. The normalized spacial score (nSPS) is 11.7. The summed E-state index contributed by atoms with van der Waals surface area (Å²) in [6.07, 6.45) is 0. The fourth-order valence-corrected chi connectivity index (χ4v) is 8.56. The van der Waals surface area contributed by atoms with E-state index in [1.165, 1.54) is 38.6 Å². The van der Waals surface area contributed by atoms with Crippen molar-refractivity contribution >= 4 is 71.7 Å². The lowest BCUT2D eigenvalue weighted by Gasteiger charge is -2.27. The molecule has 0 aliphatic heterocycles. The van der Waals surface area contributed by atoms with Gasteiger partial charge in [-0.2, -0.15) is 0 Å². The Kier molecular flexibility index (Phi) is 7.61. The van der Waals surface area contributed by atoms with Gasteiger partial charge < -0.3 is 13.7 Å². The van der Waals surface area contributed by atoms with Crippen LogP contribution in [0.2, 0.25) is 0 Å². The number of benzene rings is 9. The maximum atomic E-state index is 6.51. The Balaban J connectivity index is 1.08. The zero-order chi connectivity index (χ0) is 38.0. The van der Waals surface area contributed by atoms with Gasteiger partial charge in [0.05, 0.1) is 0 Å². The van der Waals surface area contributed by atoms with Gasteiger partial charge in [-0.3, -0.25) is 0 Å². The minimum absolute atomic E-state index is 0.851. The van der Waals surface area contributed by atoms with Crippen molar-refractivity contribution in [1.82, 2.24) is 0 Å². The summed E-state index contributed by atoms with van der Waals surface area (Å²) in [5.41, 5.74) is 15.9. The minimum Gasteiger partial charge on any atom is -0.456 e. The summed E-state index contributed by atoms with van der Waals surface area (Å²) in [4.78, 5) is 2.32. The number of aryl methyl sites for hydroxylation is 2. The van der Waals surface area contributed by atoms with Gasteiger partial charge in [-0.05, 0) is 118 Å². The maximum Gasteiger partial charge on any atom is 0.137 e. The molecule has 11 rings (SSSR count). The molecule has 270 valence electrons. The molecule has 0 radical (unpaired) electrons. The van der Waals surface area contributed by atoms with E-state index >= 15 is 0 Å². The van der Waals surface area contributed by atoms with Crippen molar-refractivity contribution in [3.05, 3.63) is 199 Å². The molecule has 57 heavy (non-hydrogen) atoms. The van der Waals surface area contributed by atoms with E-state index in [2.05, 4.69) is 207 Å². The third-order valence-corrected chi connectivity index (χ3v) is 11.4. The molecule has 0 aliphatic carbocycles. The topological polar surface area (TPSA) is 29.5 Å². The summed E-state index contributed by atoms with van der Waals surface area (Å²) in [5.74, 6) is 0. The molecule has 3 heteroatoms. The molecule has 0 spiro atoms. The minimum atomic E-state index is 0.851. The molecule has 0 saturated carbocycles. The number of hydrogen-bond acceptors (Lipinski definition) is 3. The first-order valence-corrected chi connectivity index (χ1v) is 19.5. The predicted molar refractivity (Wildman–Crippen MR) is 239 cm³/mol. The Bertz CT molecular complexity index is 3190. The number of nitrogens with zero attached hydrogens (tertiary/aromatic N) is 1. The van der Waals surface area contributed by atoms with E-state index in [4.69, 9.17) is 8.83 Å². The maximum absolute atomic E-state index is 6.51. The quantitative estimate of drug-likeness (QED) is 0.171. The summed E-state index contributed by atoms with van der Waals surface area (Å²) < 4.78 is 13.0. The molecule has 0 aliphatic rings. The van der Waals surface area contributed by atoms with Crippen molar-refractivity contribution in [2.24, 2.45) is 0 Å². The van der Waals surface area contributed by atoms with Crippen LogP contribution < -0.4 is 4.90 Å². The fourth-order valence-electron chi connectivity index (χ4n) is 8.56. The van der Waals surface area contributed by atoms with E-state index in [0.29, 0.717) is 0 Å². The van der Waals surface area contributed by atoms with E-state index < -0.39 is 0 Å². The molecular formula is C54H37NO2. The Labute approximate surface area is 330 Å². The van der Waals surface area contributed by atoms with Gasteiger partial charge in [-0.15, -0.1) is 0 Å². The van der Waals surface area contributed by atoms with Gasteiger partial charge in [0.15, 0.2) is 0 Å². The van der Waals surface area contributed by atoms with Crippen molar-refractivity contribution in [3.63, 3.8) is 0 Å². The summed E-state index contributed by atoms with van der Waals surface area (Å²) in [7, 11) is 0. The molecule has 2 heterocycles. The third kappa shape index (κ3) is 5.67. The lowest BCUT2D eigenvalue weighted by Crippen LogP contribution is -2.10. The van der Waals surface area contributed by atoms with Gasteiger partial charge in [0.2, 0.25) is 0 Å². The molecule has 9 aromatic carbocycles. The Morgan fingerprint density at radius 2 is 0.789 bits per heavy atom. The second-order valence-electron chi connectivity index (χ2n) is 15.1. The standard InChI is InChI=1S/C54H37NO2/c1-34-15-24-46-48-27-22-41(32-53(48)56-51(46)29-34)55(42-23-28-49-47-25-16-35(2)30-52(47)57-54(49)33-42)40-21-26-45(50(31-40)37-9-4-3-5-10-37)39-19-17-38(18-20-39)44-14-8-12-36-11-6-7-13-43(36)44/h3-33H,1-2H3. The zero-order valence-corrected chi connectivity index (χ0v) is 31.7. The zero-order valence-electron chi connectivity index (χ0n) is 31.7. The molecule has 3 nitrogen and oxygen atoms in total. The van der Waals surface area contributed by atoms with Crippen LogP contribution in [0.3, 0.4) is 0 Å². The van der Waals surface area contributed by atoms with Crippen LogP contribution in [0.15, 0.2) is 197 Å². The van der Waals surface area contributed by atoms with Crippen molar-refractivity contribution in [2.75, 3.05) is 4.90 Å². The smallest absolute Gasteiger partial charge is 0.137 e. The molecule has 0 atom stereocenters. The van der Waals surface area contributed by atoms with Crippen molar-refractivity contribution in [3.8, 4) is 33.4 Å². The third-order valence-electron chi connectivity index (χ3n) is 11.4. The number of furan rings is 2. The van der Waals surface area contributed by atoms with Gasteiger partial charge in [0.25, 0.3) is 0 Å². The Hall–Kier alpha value is -7.36. The van der Waals surface area contributed by atoms with Gasteiger partial charge in [-0.25, -0.2) is 0 Å². The second kappa shape index (κ2) is 13.1. The van der Waals surface area contributed by atoms with E-state index in [1.54, 1.807) is 0 Å². The van der Waals surface area contributed by atoms with E-state index in [1.807, 2.05) is 0 Å². The number of hydrogen-bond donors (Lipinski definition) is 0. The largest absolute Gasteiger partial charge is 0.456 e. The van der Waals surface area contributed by atoms with Crippen LogP contribution in [0.1, 0.15) is 11.1 Å². The van der Waals surface area contributed by atoms with Crippen molar-refractivity contribution in [1.29, 1.82) is 0 Å². The number of anilines is 3. The molecule has 0 unspecified atom stereocenters. The van der Waals surface area contributed by atoms with E-state index in [9.17, 15) is 0 Å². The summed E-state index contributed by atoms with van der Waals surface area (Å²) in [6.45, 7) is 4.20. The van der Waals surface area contributed by atoms with Gasteiger partial charge in [0, 0.05) is 50.7 Å².